The van der Waals surface area contributed by atoms with Gasteiger partial charge in [-0.25, -0.2) is 14.8 Å². The van der Waals surface area contributed by atoms with E-state index >= 15 is 0 Å². The third-order valence-electron chi connectivity index (χ3n) is 3.35. The van der Waals surface area contributed by atoms with Crippen LogP contribution >= 0.6 is 0 Å². The monoisotopic (exact) mass is 319 g/mol. The minimum atomic E-state index is -0.181. The van der Waals surface area contributed by atoms with Crippen molar-refractivity contribution in [3.63, 3.8) is 0 Å². The van der Waals surface area contributed by atoms with Crippen LogP contribution in [0, 0.1) is 6.92 Å². The van der Waals surface area contributed by atoms with Crippen molar-refractivity contribution in [1.29, 1.82) is 0 Å². The largest absolute Gasteiger partial charge is 0.329 e. The van der Waals surface area contributed by atoms with Gasteiger partial charge in [-0.05, 0) is 24.6 Å². The molecule has 0 fully saturated rings. The SMILES string of the molecule is Cc1cnc2[nH]c(=O)n(Cc3ccccc3)c2n1.c1ccncc1. The Morgan fingerprint density at radius 3 is 2.38 bits per heavy atom. The van der Waals surface area contributed by atoms with Gasteiger partial charge in [0.2, 0.25) is 0 Å². The summed E-state index contributed by atoms with van der Waals surface area (Å²) in [6.07, 6.45) is 5.14. The number of pyridine rings is 1. The highest BCUT2D eigenvalue weighted by Crippen LogP contribution is 2.08. The Bertz CT molecular complexity index is 934. The minimum Gasteiger partial charge on any atom is -0.289 e. The molecule has 3 heterocycles. The van der Waals surface area contributed by atoms with Crippen LogP contribution in [0.1, 0.15) is 11.3 Å². The maximum Gasteiger partial charge on any atom is 0.329 e. The first-order valence-corrected chi connectivity index (χ1v) is 7.55. The molecule has 0 amide bonds. The van der Waals surface area contributed by atoms with Crippen molar-refractivity contribution in [1.82, 2.24) is 24.5 Å². The van der Waals surface area contributed by atoms with Crippen molar-refractivity contribution >= 4 is 11.3 Å². The zero-order valence-corrected chi connectivity index (χ0v) is 13.3. The van der Waals surface area contributed by atoms with Gasteiger partial charge in [-0.1, -0.05) is 36.4 Å². The molecule has 0 aliphatic heterocycles. The molecule has 6 heteroatoms. The van der Waals surface area contributed by atoms with Crippen molar-refractivity contribution in [2.75, 3.05) is 0 Å². The Labute approximate surface area is 138 Å². The van der Waals surface area contributed by atoms with E-state index in [1.165, 1.54) is 0 Å². The Balaban J connectivity index is 0.000000238. The summed E-state index contributed by atoms with van der Waals surface area (Å²) in [5.74, 6) is 0. The number of rotatable bonds is 2. The number of aromatic nitrogens is 5. The van der Waals surface area contributed by atoms with E-state index in [4.69, 9.17) is 0 Å². The fourth-order valence-corrected chi connectivity index (χ4v) is 2.23. The van der Waals surface area contributed by atoms with Crippen LogP contribution < -0.4 is 5.69 Å². The van der Waals surface area contributed by atoms with Gasteiger partial charge in [0, 0.05) is 12.4 Å². The molecule has 0 saturated heterocycles. The van der Waals surface area contributed by atoms with Crippen molar-refractivity contribution in [2.45, 2.75) is 13.5 Å². The van der Waals surface area contributed by atoms with Gasteiger partial charge in [-0.3, -0.25) is 14.5 Å². The van der Waals surface area contributed by atoms with Crippen LogP contribution in [0.2, 0.25) is 0 Å². The third kappa shape index (κ3) is 3.73. The number of hydrogen-bond donors (Lipinski definition) is 1. The second kappa shape index (κ2) is 7.32. The molecule has 0 saturated carbocycles. The Kier molecular flexibility index (Phi) is 4.76. The summed E-state index contributed by atoms with van der Waals surface area (Å²) in [5, 5.41) is 0. The van der Waals surface area contributed by atoms with Crippen molar-refractivity contribution in [3.8, 4) is 0 Å². The molecule has 0 spiro atoms. The number of aromatic amines is 1. The average Bonchev–Trinajstić information content (AvgIpc) is 2.93. The van der Waals surface area contributed by atoms with Gasteiger partial charge in [0.1, 0.15) is 0 Å². The summed E-state index contributed by atoms with van der Waals surface area (Å²) in [7, 11) is 0. The second-order valence-corrected chi connectivity index (χ2v) is 5.21. The fraction of sp³-hybridized carbons (Fsp3) is 0.111. The number of nitrogens with zero attached hydrogens (tertiary/aromatic N) is 4. The maximum absolute atomic E-state index is 11.9. The summed E-state index contributed by atoms with van der Waals surface area (Å²) >= 11 is 0. The molecule has 6 nitrogen and oxygen atoms in total. The number of nitrogens with one attached hydrogen (secondary N) is 1. The summed E-state index contributed by atoms with van der Waals surface area (Å²) in [4.78, 5) is 26.9. The molecule has 120 valence electrons. The topological polar surface area (TPSA) is 76.5 Å². The van der Waals surface area contributed by atoms with Crippen LogP contribution in [0.25, 0.3) is 11.3 Å². The molecular formula is C18H17N5O. The Morgan fingerprint density at radius 1 is 1.04 bits per heavy atom. The predicted octanol–water partition coefficient (Wildman–Crippen LogP) is 2.56. The normalized spacial score (nSPS) is 10.2. The van der Waals surface area contributed by atoms with E-state index < -0.39 is 0 Å². The molecule has 3 aromatic heterocycles. The van der Waals surface area contributed by atoms with E-state index in [1.54, 1.807) is 23.2 Å². The smallest absolute Gasteiger partial charge is 0.289 e. The molecule has 0 aliphatic carbocycles. The maximum atomic E-state index is 11.9. The average molecular weight is 319 g/mol. The highest BCUT2D eigenvalue weighted by molar-refractivity contribution is 5.65. The van der Waals surface area contributed by atoms with Gasteiger partial charge in [-0.15, -0.1) is 0 Å². The second-order valence-electron chi connectivity index (χ2n) is 5.21. The van der Waals surface area contributed by atoms with Gasteiger partial charge in [0.05, 0.1) is 18.4 Å². The molecular weight excluding hydrogens is 302 g/mol. The number of aryl methyl sites for hydroxylation is 1. The van der Waals surface area contributed by atoms with Crippen LogP contribution in [0.15, 0.2) is 71.9 Å². The highest BCUT2D eigenvalue weighted by Gasteiger charge is 2.09. The predicted molar refractivity (Wildman–Crippen MR) is 92.7 cm³/mol. The lowest BCUT2D eigenvalue weighted by Crippen LogP contribution is -2.17. The summed E-state index contributed by atoms with van der Waals surface area (Å²) in [5.41, 5.74) is 2.80. The number of H-pyrrole nitrogens is 1. The molecule has 4 rings (SSSR count). The van der Waals surface area contributed by atoms with E-state index in [1.807, 2.05) is 55.5 Å². The van der Waals surface area contributed by atoms with E-state index in [-0.39, 0.29) is 5.69 Å². The molecule has 0 radical (unpaired) electrons. The van der Waals surface area contributed by atoms with Gasteiger partial charge in [0.15, 0.2) is 11.3 Å². The van der Waals surface area contributed by atoms with Crippen molar-refractivity contribution < 1.29 is 0 Å². The van der Waals surface area contributed by atoms with Gasteiger partial charge < -0.3 is 0 Å². The van der Waals surface area contributed by atoms with Crippen LogP contribution in [-0.2, 0) is 6.54 Å². The van der Waals surface area contributed by atoms with E-state index in [9.17, 15) is 4.79 Å². The first-order valence-electron chi connectivity index (χ1n) is 7.55. The first kappa shape index (κ1) is 15.6. The Hall–Kier alpha value is -3.28. The quantitative estimate of drug-likeness (QED) is 0.616. The fourth-order valence-electron chi connectivity index (χ4n) is 2.23. The van der Waals surface area contributed by atoms with Crippen LogP contribution in [-0.4, -0.2) is 24.5 Å². The molecule has 0 atom stereocenters. The zero-order chi connectivity index (χ0) is 16.8. The standard InChI is InChI=1S/C13H12N4O.C5H5N/c1-9-7-14-11-12(15-9)17(13(18)16-11)8-10-5-3-2-4-6-10;1-2-4-6-5-3-1/h2-7H,8H2,1H3,(H,14,16,18);1-5H. The van der Waals surface area contributed by atoms with Crippen LogP contribution in [0.3, 0.4) is 0 Å². The number of benzene rings is 1. The van der Waals surface area contributed by atoms with E-state index in [0.717, 1.165) is 11.3 Å². The molecule has 1 aromatic carbocycles. The lowest BCUT2D eigenvalue weighted by atomic mass is 10.2. The molecule has 0 unspecified atom stereocenters. The van der Waals surface area contributed by atoms with Crippen molar-refractivity contribution in [2.24, 2.45) is 0 Å². The molecule has 24 heavy (non-hydrogen) atoms. The first-order chi connectivity index (χ1) is 11.7. The summed E-state index contributed by atoms with van der Waals surface area (Å²) in [6, 6.07) is 15.5. The summed E-state index contributed by atoms with van der Waals surface area (Å²) < 4.78 is 1.60. The Morgan fingerprint density at radius 2 is 1.75 bits per heavy atom. The van der Waals surface area contributed by atoms with Gasteiger partial charge in [0.25, 0.3) is 0 Å². The highest BCUT2D eigenvalue weighted by atomic mass is 16.1. The number of imidazole rings is 1. The molecule has 0 aliphatic rings. The van der Waals surface area contributed by atoms with Gasteiger partial charge >= 0.3 is 5.69 Å². The lowest BCUT2D eigenvalue weighted by Gasteiger charge is -2.02. The molecule has 0 bridgehead atoms. The lowest BCUT2D eigenvalue weighted by molar-refractivity contribution is 0.777. The molecule has 1 N–H and O–H groups in total. The number of fused-ring (bicyclic) bond motifs is 1. The third-order valence-corrected chi connectivity index (χ3v) is 3.35. The van der Waals surface area contributed by atoms with E-state index in [2.05, 4.69) is 19.9 Å². The molecule has 4 aromatic rings. The number of hydrogen-bond acceptors (Lipinski definition) is 4. The van der Waals surface area contributed by atoms with Crippen LogP contribution in [0.5, 0.6) is 0 Å². The van der Waals surface area contributed by atoms with Crippen molar-refractivity contribution in [3.05, 3.63) is 88.9 Å². The van der Waals surface area contributed by atoms with E-state index in [0.29, 0.717) is 17.8 Å². The zero-order valence-electron chi connectivity index (χ0n) is 13.3. The minimum absolute atomic E-state index is 0.181. The van der Waals surface area contributed by atoms with Gasteiger partial charge in [-0.2, -0.15) is 0 Å². The summed E-state index contributed by atoms with van der Waals surface area (Å²) in [6.45, 7) is 2.36. The van der Waals surface area contributed by atoms with Crippen LogP contribution in [0.4, 0.5) is 0 Å².